The zero-order chi connectivity index (χ0) is 19.7. The molecule has 1 aliphatic rings. The van der Waals surface area contributed by atoms with Crippen LogP contribution in [0, 0.1) is 0 Å². The lowest BCUT2D eigenvalue weighted by Gasteiger charge is -2.09. The summed E-state index contributed by atoms with van der Waals surface area (Å²) < 4.78 is 1.49. The number of benzene rings is 2. The molecule has 0 unspecified atom stereocenters. The Morgan fingerprint density at radius 1 is 1.07 bits per heavy atom. The number of fused-ring (bicyclic) bond motifs is 1. The first-order valence-corrected chi connectivity index (χ1v) is 8.34. The highest BCUT2D eigenvalue weighted by Gasteiger charge is 2.35. The molecule has 0 saturated heterocycles. The van der Waals surface area contributed by atoms with Crippen molar-refractivity contribution in [2.45, 2.75) is 0 Å². The van der Waals surface area contributed by atoms with Gasteiger partial charge in [0.05, 0.1) is 16.8 Å². The van der Waals surface area contributed by atoms with E-state index < -0.39 is 5.91 Å². The number of imide groups is 1. The van der Waals surface area contributed by atoms with Crippen LogP contribution in [-0.2, 0) is 0 Å². The van der Waals surface area contributed by atoms with E-state index in [-0.39, 0.29) is 35.0 Å². The lowest BCUT2D eigenvalue weighted by atomic mass is 10.1. The molecule has 0 spiro atoms. The van der Waals surface area contributed by atoms with Crippen LogP contribution < -0.4 is 5.32 Å². The Morgan fingerprint density at radius 3 is 2.50 bits per heavy atom. The largest absolute Gasteiger partial charge is 0.322 e. The Bertz CT molecular complexity index is 1090. The maximum Gasteiger partial charge on any atom is 0.261 e. The van der Waals surface area contributed by atoms with Crippen LogP contribution in [-0.4, -0.2) is 49.4 Å². The highest BCUT2D eigenvalue weighted by atomic mass is 16.2. The third-order valence-corrected chi connectivity index (χ3v) is 4.28. The molecule has 0 bridgehead atoms. The number of nitrogens with one attached hydrogen (secondary N) is 1. The number of amides is 3. The monoisotopic (exact) mass is 374 g/mol. The van der Waals surface area contributed by atoms with Gasteiger partial charge in [-0.1, -0.05) is 6.08 Å². The highest BCUT2D eigenvalue weighted by molar-refractivity contribution is 6.22. The minimum atomic E-state index is -0.430. The van der Waals surface area contributed by atoms with Crippen molar-refractivity contribution in [3.05, 3.63) is 78.1 Å². The molecule has 1 aromatic heterocycles. The highest BCUT2D eigenvalue weighted by Crippen LogP contribution is 2.24. The van der Waals surface area contributed by atoms with E-state index in [1.165, 1.54) is 35.3 Å². The van der Waals surface area contributed by atoms with Gasteiger partial charge in [-0.15, -0.1) is 11.7 Å². The second-order valence-electron chi connectivity index (χ2n) is 6.03. The molecule has 9 nitrogen and oxygen atoms in total. The van der Waals surface area contributed by atoms with Crippen molar-refractivity contribution >= 4 is 23.4 Å². The average Bonchev–Trinajstić information content (AvgIpc) is 3.32. The van der Waals surface area contributed by atoms with E-state index in [2.05, 4.69) is 27.4 Å². The summed E-state index contributed by atoms with van der Waals surface area (Å²) in [7, 11) is 0. The van der Waals surface area contributed by atoms with Crippen molar-refractivity contribution in [3.63, 3.8) is 0 Å². The van der Waals surface area contributed by atoms with Crippen LogP contribution in [0.4, 0.5) is 5.69 Å². The number of aromatic nitrogens is 4. The number of carbonyl (C=O) groups is 3. The van der Waals surface area contributed by atoms with Gasteiger partial charge in [0.2, 0.25) is 0 Å². The predicted octanol–water partition coefficient (Wildman–Crippen LogP) is 1.70. The van der Waals surface area contributed by atoms with E-state index in [9.17, 15) is 14.4 Å². The quantitative estimate of drug-likeness (QED) is 0.538. The van der Waals surface area contributed by atoms with Crippen molar-refractivity contribution in [2.24, 2.45) is 0 Å². The van der Waals surface area contributed by atoms with Crippen LogP contribution in [0.1, 0.15) is 31.1 Å². The molecule has 28 heavy (non-hydrogen) atoms. The van der Waals surface area contributed by atoms with Crippen molar-refractivity contribution in [1.29, 1.82) is 0 Å². The smallest absolute Gasteiger partial charge is 0.261 e. The fourth-order valence-corrected chi connectivity index (χ4v) is 2.91. The van der Waals surface area contributed by atoms with Gasteiger partial charge in [0.1, 0.15) is 6.33 Å². The zero-order valence-electron chi connectivity index (χ0n) is 14.6. The molecule has 138 valence electrons. The normalized spacial score (nSPS) is 12.8. The number of rotatable bonds is 5. The van der Waals surface area contributed by atoms with E-state index in [0.29, 0.717) is 5.69 Å². The molecule has 1 aliphatic heterocycles. The van der Waals surface area contributed by atoms with Crippen LogP contribution in [0.15, 0.2) is 61.4 Å². The molecule has 2 aromatic carbocycles. The predicted molar refractivity (Wildman–Crippen MR) is 99.1 cm³/mol. The standard InChI is InChI=1S/C19H14N6O3/c1-2-9-24-18(27)15-8-3-12(10-16(15)19(24)28)17(26)21-13-4-6-14(7-5-13)25-11-20-22-23-25/h2-8,10-11H,1,9H2,(H,21,26). The van der Waals surface area contributed by atoms with Gasteiger partial charge in [0, 0.05) is 17.8 Å². The van der Waals surface area contributed by atoms with E-state index in [1.54, 1.807) is 24.3 Å². The Kier molecular flexibility index (Phi) is 4.24. The first kappa shape index (κ1) is 17.3. The summed E-state index contributed by atoms with van der Waals surface area (Å²) in [6, 6.07) is 11.4. The summed E-state index contributed by atoms with van der Waals surface area (Å²) in [6.45, 7) is 3.67. The fourth-order valence-electron chi connectivity index (χ4n) is 2.91. The summed E-state index contributed by atoms with van der Waals surface area (Å²) in [4.78, 5) is 38.3. The molecule has 2 heterocycles. The van der Waals surface area contributed by atoms with E-state index in [4.69, 9.17) is 0 Å². The number of carbonyl (C=O) groups excluding carboxylic acids is 3. The lowest BCUT2D eigenvalue weighted by molar-refractivity contribution is 0.0672. The second kappa shape index (κ2) is 6.88. The summed E-state index contributed by atoms with van der Waals surface area (Å²) in [5, 5.41) is 13.7. The summed E-state index contributed by atoms with van der Waals surface area (Å²) in [5.74, 6) is -1.20. The molecule has 4 rings (SSSR count). The Balaban J connectivity index is 1.53. The lowest BCUT2D eigenvalue weighted by Crippen LogP contribution is -2.29. The molecule has 0 aliphatic carbocycles. The van der Waals surface area contributed by atoms with Gasteiger partial charge < -0.3 is 5.32 Å². The van der Waals surface area contributed by atoms with Crippen LogP contribution in [0.25, 0.3) is 5.69 Å². The van der Waals surface area contributed by atoms with Crippen molar-refractivity contribution in [3.8, 4) is 5.69 Å². The van der Waals surface area contributed by atoms with Crippen LogP contribution in [0.5, 0.6) is 0 Å². The number of hydrogen-bond acceptors (Lipinski definition) is 6. The SMILES string of the molecule is C=CCN1C(=O)c2ccc(C(=O)Nc3ccc(-n4cnnn4)cc3)cc2C1=O. The molecular weight excluding hydrogens is 360 g/mol. The van der Waals surface area contributed by atoms with Gasteiger partial charge in [-0.05, 0) is 52.9 Å². The molecule has 1 N–H and O–H groups in total. The topological polar surface area (TPSA) is 110 Å². The third-order valence-electron chi connectivity index (χ3n) is 4.28. The van der Waals surface area contributed by atoms with Crippen LogP contribution in [0.2, 0.25) is 0 Å². The van der Waals surface area contributed by atoms with Gasteiger partial charge >= 0.3 is 0 Å². The van der Waals surface area contributed by atoms with E-state index in [0.717, 1.165) is 10.6 Å². The molecule has 3 aromatic rings. The third kappa shape index (κ3) is 2.94. The van der Waals surface area contributed by atoms with Gasteiger partial charge in [0.25, 0.3) is 17.7 Å². The number of hydrogen-bond donors (Lipinski definition) is 1. The molecule has 0 radical (unpaired) electrons. The molecule has 9 heteroatoms. The number of anilines is 1. The van der Waals surface area contributed by atoms with Gasteiger partial charge in [-0.3, -0.25) is 19.3 Å². The van der Waals surface area contributed by atoms with E-state index in [1.807, 2.05) is 0 Å². The minimum absolute atomic E-state index is 0.127. The van der Waals surface area contributed by atoms with Crippen molar-refractivity contribution in [2.75, 3.05) is 11.9 Å². The Labute approximate surface area is 159 Å². The fraction of sp³-hybridized carbons (Fsp3) is 0.0526. The van der Waals surface area contributed by atoms with Gasteiger partial charge in [0.15, 0.2) is 0 Å². The zero-order valence-corrected chi connectivity index (χ0v) is 14.6. The van der Waals surface area contributed by atoms with Gasteiger partial charge in [-0.2, -0.15) is 0 Å². The average molecular weight is 374 g/mol. The summed E-state index contributed by atoms with van der Waals surface area (Å²) in [5.41, 5.74) is 2.09. The molecule has 0 saturated carbocycles. The van der Waals surface area contributed by atoms with Crippen molar-refractivity contribution < 1.29 is 14.4 Å². The van der Waals surface area contributed by atoms with Crippen LogP contribution in [0.3, 0.4) is 0 Å². The Hall–Kier alpha value is -4.14. The Morgan fingerprint density at radius 2 is 1.82 bits per heavy atom. The van der Waals surface area contributed by atoms with Crippen LogP contribution >= 0.6 is 0 Å². The molecule has 0 atom stereocenters. The first-order chi connectivity index (χ1) is 13.6. The second-order valence-corrected chi connectivity index (χ2v) is 6.03. The van der Waals surface area contributed by atoms with Crippen molar-refractivity contribution in [1.82, 2.24) is 25.1 Å². The first-order valence-electron chi connectivity index (χ1n) is 8.34. The molecule has 0 fully saturated rings. The van der Waals surface area contributed by atoms with Gasteiger partial charge in [-0.25, -0.2) is 4.68 Å². The summed E-state index contributed by atoms with van der Waals surface area (Å²) >= 11 is 0. The van der Waals surface area contributed by atoms with E-state index >= 15 is 0 Å². The number of nitrogens with zero attached hydrogens (tertiary/aromatic N) is 5. The molecular formula is C19H14N6O3. The maximum atomic E-state index is 12.5. The number of tetrazole rings is 1. The molecule has 3 amide bonds. The summed E-state index contributed by atoms with van der Waals surface area (Å²) in [6.07, 6.45) is 2.94. The minimum Gasteiger partial charge on any atom is -0.322 e. The maximum absolute atomic E-state index is 12.5.